The molecular weight excluding hydrogens is 340 g/mol. The van der Waals surface area contributed by atoms with Gasteiger partial charge in [0.2, 0.25) is 5.91 Å². The molecule has 1 amide bonds. The van der Waals surface area contributed by atoms with Gasteiger partial charge in [-0.15, -0.1) is 10.2 Å². The zero-order chi connectivity index (χ0) is 18.8. The number of aromatic amines is 1. The van der Waals surface area contributed by atoms with Crippen LogP contribution in [0.2, 0.25) is 0 Å². The molecule has 6 heteroatoms. The van der Waals surface area contributed by atoms with Gasteiger partial charge in [0, 0.05) is 11.5 Å². The summed E-state index contributed by atoms with van der Waals surface area (Å²) in [4.78, 5) is 27.8. The van der Waals surface area contributed by atoms with Gasteiger partial charge in [0.15, 0.2) is 11.5 Å². The van der Waals surface area contributed by atoms with Crippen molar-refractivity contribution in [3.63, 3.8) is 0 Å². The molecule has 1 saturated carbocycles. The van der Waals surface area contributed by atoms with Crippen molar-refractivity contribution < 1.29 is 4.79 Å². The van der Waals surface area contributed by atoms with E-state index < -0.39 is 6.04 Å². The summed E-state index contributed by atoms with van der Waals surface area (Å²) in [5.41, 5.74) is 0.777. The largest absolute Gasteiger partial charge is 0.347 e. The fraction of sp³-hybridized carbons (Fsp3) is 0.333. The van der Waals surface area contributed by atoms with E-state index in [0.29, 0.717) is 12.2 Å². The normalized spacial score (nSPS) is 15.3. The van der Waals surface area contributed by atoms with E-state index in [1.54, 1.807) is 0 Å². The number of fused-ring (bicyclic) bond motifs is 1. The highest BCUT2D eigenvalue weighted by molar-refractivity contribution is 5.94. The van der Waals surface area contributed by atoms with Crippen molar-refractivity contribution in [1.29, 1.82) is 0 Å². The molecule has 0 bridgehead atoms. The molecule has 1 fully saturated rings. The molecule has 1 aliphatic rings. The third kappa shape index (κ3) is 3.35. The number of carbonyl (C=O) groups is 1. The second kappa shape index (κ2) is 7.31. The maximum absolute atomic E-state index is 12.7. The van der Waals surface area contributed by atoms with Crippen molar-refractivity contribution in [2.75, 3.05) is 0 Å². The molecule has 3 aromatic rings. The molecule has 27 heavy (non-hydrogen) atoms. The van der Waals surface area contributed by atoms with Crippen molar-refractivity contribution in [3.8, 4) is 11.4 Å². The van der Waals surface area contributed by atoms with Gasteiger partial charge in [0.25, 0.3) is 5.56 Å². The van der Waals surface area contributed by atoms with E-state index in [-0.39, 0.29) is 23.1 Å². The molecule has 0 radical (unpaired) electrons. The highest BCUT2D eigenvalue weighted by atomic mass is 16.2. The lowest BCUT2D eigenvalue weighted by molar-refractivity contribution is -0.128. The van der Waals surface area contributed by atoms with Gasteiger partial charge >= 0.3 is 0 Å². The zero-order valence-corrected chi connectivity index (χ0v) is 15.2. The lowest BCUT2D eigenvalue weighted by Crippen LogP contribution is -2.39. The van der Waals surface area contributed by atoms with Crippen LogP contribution in [0.1, 0.15) is 44.3 Å². The first-order chi connectivity index (χ1) is 13.2. The van der Waals surface area contributed by atoms with Gasteiger partial charge in [-0.2, -0.15) is 0 Å². The molecule has 0 saturated heterocycles. The number of hydrogen-bond donors (Lipinski definition) is 2. The van der Waals surface area contributed by atoms with Crippen molar-refractivity contribution in [1.82, 2.24) is 20.5 Å². The third-order valence-corrected chi connectivity index (χ3v) is 5.30. The van der Waals surface area contributed by atoms with Crippen LogP contribution in [0.3, 0.4) is 0 Å². The summed E-state index contributed by atoms with van der Waals surface area (Å²) in [6.07, 6.45) is 3.52. The maximum atomic E-state index is 12.7. The Hall–Kier alpha value is -3.02. The van der Waals surface area contributed by atoms with Crippen molar-refractivity contribution >= 4 is 16.7 Å². The summed E-state index contributed by atoms with van der Waals surface area (Å²) >= 11 is 0. The SMILES string of the molecule is CCC(NC(=O)C1CCC1)c1nnc(-c2cccc3ccccc23)[nH]c1=O. The summed E-state index contributed by atoms with van der Waals surface area (Å²) < 4.78 is 0. The highest BCUT2D eigenvalue weighted by Gasteiger charge is 2.28. The Bertz CT molecular complexity index is 1030. The number of nitrogens with zero attached hydrogens (tertiary/aromatic N) is 2. The predicted octanol–water partition coefficient (Wildman–Crippen LogP) is 3.35. The molecule has 0 aliphatic heterocycles. The number of nitrogens with one attached hydrogen (secondary N) is 2. The molecule has 0 spiro atoms. The first kappa shape index (κ1) is 17.4. The lowest BCUT2D eigenvalue weighted by Gasteiger charge is -2.26. The number of aromatic nitrogens is 3. The minimum Gasteiger partial charge on any atom is -0.347 e. The van der Waals surface area contributed by atoms with Gasteiger partial charge < -0.3 is 10.3 Å². The number of hydrogen-bond acceptors (Lipinski definition) is 4. The van der Waals surface area contributed by atoms with Crippen LogP contribution in [0.4, 0.5) is 0 Å². The summed E-state index contributed by atoms with van der Waals surface area (Å²) in [6, 6.07) is 13.4. The van der Waals surface area contributed by atoms with Crippen molar-refractivity contribution in [3.05, 3.63) is 58.5 Å². The van der Waals surface area contributed by atoms with Crippen LogP contribution in [0.5, 0.6) is 0 Å². The molecule has 2 N–H and O–H groups in total. The average molecular weight is 362 g/mol. The van der Waals surface area contributed by atoms with E-state index in [1.165, 1.54) is 0 Å². The van der Waals surface area contributed by atoms with Gasteiger partial charge in [-0.25, -0.2) is 0 Å². The molecular formula is C21H22N4O2. The molecule has 6 nitrogen and oxygen atoms in total. The summed E-state index contributed by atoms with van der Waals surface area (Å²) in [7, 11) is 0. The molecule has 1 aromatic heterocycles. The molecule has 138 valence electrons. The lowest BCUT2D eigenvalue weighted by atomic mass is 9.84. The number of benzene rings is 2. The Balaban J connectivity index is 1.65. The number of rotatable bonds is 5. The van der Waals surface area contributed by atoms with Crippen LogP contribution < -0.4 is 10.9 Å². The molecule has 2 aromatic carbocycles. The summed E-state index contributed by atoms with van der Waals surface area (Å²) in [5.74, 6) is 0.509. The number of H-pyrrole nitrogens is 1. The Morgan fingerprint density at radius 2 is 1.96 bits per heavy atom. The van der Waals surface area contributed by atoms with Crippen LogP contribution in [0.25, 0.3) is 22.2 Å². The topological polar surface area (TPSA) is 87.7 Å². The fourth-order valence-corrected chi connectivity index (χ4v) is 3.45. The van der Waals surface area contributed by atoms with Crippen LogP contribution >= 0.6 is 0 Å². The van der Waals surface area contributed by atoms with E-state index in [9.17, 15) is 9.59 Å². The van der Waals surface area contributed by atoms with Gasteiger partial charge in [0.1, 0.15) is 0 Å². The Kier molecular flexibility index (Phi) is 4.71. The highest BCUT2D eigenvalue weighted by Crippen LogP contribution is 2.28. The van der Waals surface area contributed by atoms with Crippen LogP contribution in [-0.2, 0) is 4.79 Å². The summed E-state index contributed by atoms with van der Waals surface area (Å²) in [5, 5.41) is 13.5. The summed E-state index contributed by atoms with van der Waals surface area (Å²) in [6.45, 7) is 1.92. The first-order valence-electron chi connectivity index (χ1n) is 9.42. The minimum absolute atomic E-state index is 0.00688. The van der Waals surface area contributed by atoms with Crippen molar-refractivity contribution in [2.24, 2.45) is 5.92 Å². The van der Waals surface area contributed by atoms with E-state index in [1.807, 2.05) is 49.4 Å². The van der Waals surface area contributed by atoms with Crippen LogP contribution in [0, 0.1) is 5.92 Å². The minimum atomic E-state index is -0.420. The van der Waals surface area contributed by atoms with Crippen LogP contribution in [-0.4, -0.2) is 21.1 Å². The average Bonchev–Trinajstić information content (AvgIpc) is 2.64. The predicted molar refractivity (Wildman–Crippen MR) is 104 cm³/mol. The third-order valence-electron chi connectivity index (χ3n) is 5.30. The van der Waals surface area contributed by atoms with E-state index >= 15 is 0 Å². The van der Waals surface area contributed by atoms with Gasteiger partial charge in [-0.3, -0.25) is 9.59 Å². The maximum Gasteiger partial charge on any atom is 0.275 e. The van der Waals surface area contributed by atoms with Crippen molar-refractivity contribution in [2.45, 2.75) is 38.6 Å². The fourth-order valence-electron chi connectivity index (χ4n) is 3.45. The van der Waals surface area contributed by atoms with Gasteiger partial charge in [-0.05, 0) is 30.0 Å². The molecule has 1 atom stereocenters. The van der Waals surface area contributed by atoms with E-state index in [0.717, 1.165) is 35.6 Å². The zero-order valence-electron chi connectivity index (χ0n) is 15.2. The molecule has 1 aliphatic carbocycles. The smallest absolute Gasteiger partial charge is 0.275 e. The number of carbonyl (C=O) groups excluding carboxylic acids is 1. The second-order valence-corrected chi connectivity index (χ2v) is 7.01. The van der Waals surface area contributed by atoms with E-state index in [2.05, 4.69) is 20.5 Å². The van der Waals surface area contributed by atoms with Crippen LogP contribution in [0.15, 0.2) is 47.3 Å². The molecule has 1 heterocycles. The Labute approximate surface area is 157 Å². The van der Waals surface area contributed by atoms with Gasteiger partial charge in [0.05, 0.1) is 6.04 Å². The number of amides is 1. The quantitative estimate of drug-likeness (QED) is 0.728. The standard InChI is InChI=1S/C21H22N4O2/c1-2-17(22-20(26)14-9-5-10-14)18-21(27)23-19(25-24-18)16-12-6-8-13-7-3-4-11-15(13)16/h3-4,6-8,11-12,14,17H,2,5,9-10H2,1H3,(H,22,26)(H,23,25,27). The Morgan fingerprint density at radius 1 is 1.19 bits per heavy atom. The first-order valence-corrected chi connectivity index (χ1v) is 9.42. The monoisotopic (exact) mass is 362 g/mol. The Morgan fingerprint density at radius 3 is 2.67 bits per heavy atom. The van der Waals surface area contributed by atoms with Gasteiger partial charge in [-0.1, -0.05) is 55.8 Å². The van der Waals surface area contributed by atoms with E-state index in [4.69, 9.17) is 0 Å². The molecule has 4 rings (SSSR count). The second-order valence-electron chi connectivity index (χ2n) is 7.01. The molecule has 1 unspecified atom stereocenters.